The molecule has 4 nitrogen and oxygen atoms in total. The number of aliphatic hydroxyl groups is 1. The summed E-state index contributed by atoms with van der Waals surface area (Å²) in [6.07, 6.45) is 3.36. The summed E-state index contributed by atoms with van der Waals surface area (Å²) in [4.78, 5) is 4.58. The van der Waals surface area contributed by atoms with Crippen LogP contribution >= 0.6 is 0 Å². The molecule has 0 amide bonds. The highest BCUT2D eigenvalue weighted by Gasteiger charge is 2.40. The van der Waals surface area contributed by atoms with Gasteiger partial charge in [0.05, 0.1) is 12.2 Å². The maximum Gasteiger partial charge on any atom is 0.111 e. The van der Waals surface area contributed by atoms with Crippen LogP contribution in [0, 0.1) is 11.3 Å². The molecule has 2 aliphatic rings. The summed E-state index contributed by atoms with van der Waals surface area (Å²) >= 11 is 0. The molecule has 2 fully saturated rings. The third kappa shape index (κ3) is 2.22. The summed E-state index contributed by atoms with van der Waals surface area (Å²) < 4.78 is 0. The molecule has 0 bridgehead atoms. The minimum Gasteiger partial charge on any atom is -0.393 e. The standard InChI is InChI=1S/C12H21N3O/c1-14-8-4-12(10-13,5-9-14)15-6-2-11(16)3-7-15/h11,16H,2-9H2,1H3. The Morgan fingerprint density at radius 3 is 2.25 bits per heavy atom. The van der Waals surface area contributed by atoms with Gasteiger partial charge in [0.2, 0.25) is 0 Å². The molecule has 16 heavy (non-hydrogen) atoms. The molecule has 0 unspecified atom stereocenters. The predicted molar refractivity (Wildman–Crippen MR) is 61.9 cm³/mol. The molecule has 2 saturated heterocycles. The van der Waals surface area contributed by atoms with Crippen LogP contribution in [0.1, 0.15) is 25.7 Å². The molecular formula is C12H21N3O. The Bertz CT molecular complexity index is 270. The van der Waals surface area contributed by atoms with Gasteiger partial charge in [-0.25, -0.2) is 0 Å². The first-order valence-corrected chi connectivity index (χ1v) is 6.19. The fourth-order valence-electron chi connectivity index (χ4n) is 2.78. The van der Waals surface area contributed by atoms with E-state index in [4.69, 9.17) is 0 Å². The second-order valence-electron chi connectivity index (χ2n) is 5.16. The lowest BCUT2D eigenvalue weighted by molar-refractivity contribution is 0.0122. The minimum absolute atomic E-state index is 0.154. The maximum absolute atomic E-state index is 9.51. The van der Waals surface area contributed by atoms with Crippen LogP contribution in [-0.2, 0) is 0 Å². The van der Waals surface area contributed by atoms with Crippen molar-refractivity contribution in [3.05, 3.63) is 0 Å². The van der Waals surface area contributed by atoms with E-state index in [9.17, 15) is 10.4 Å². The molecule has 0 aromatic rings. The molecule has 0 spiro atoms. The van der Waals surface area contributed by atoms with Crippen molar-refractivity contribution in [2.75, 3.05) is 33.2 Å². The van der Waals surface area contributed by atoms with Crippen molar-refractivity contribution in [3.8, 4) is 6.07 Å². The summed E-state index contributed by atoms with van der Waals surface area (Å²) in [5.74, 6) is 0. The lowest BCUT2D eigenvalue weighted by Crippen LogP contribution is -2.56. The van der Waals surface area contributed by atoms with E-state index in [1.165, 1.54) is 0 Å². The Kier molecular flexibility index (Phi) is 3.48. The molecular weight excluding hydrogens is 202 g/mol. The van der Waals surface area contributed by atoms with Crippen LogP contribution in [0.5, 0.6) is 0 Å². The van der Waals surface area contributed by atoms with Gasteiger partial charge in [-0.15, -0.1) is 0 Å². The number of hydrogen-bond donors (Lipinski definition) is 1. The molecule has 0 aliphatic carbocycles. The zero-order valence-electron chi connectivity index (χ0n) is 10.0. The van der Waals surface area contributed by atoms with Crippen molar-refractivity contribution in [2.45, 2.75) is 37.3 Å². The second-order valence-corrected chi connectivity index (χ2v) is 5.16. The highest BCUT2D eigenvalue weighted by Crippen LogP contribution is 2.30. The van der Waals surface area contributed by atoms with Crippen LogP contribution in [0.2, 0.25) is 0 Å². The molecule has 2 heterocycles. The minimum atomic E-state index is -0.257. The molecule has 0 radical (unpaired) electrons. The molecule has 4 heteroatoms. The predicted octanol–water partition coefficient (Wildman–Crippen LogP) is 0.431. The molecule has 0 aromatic heterocycles. The molecule has 2 aliphatic heterocycles. The topological polar surface area (TPSA) is 50.5 Å². The Hall–Kier alpha value is -0.630. The highest BCUT2D eigenvalue weighted by atomic mass is 16.3. The number of rotatable bonds is 1. The van der Waals surface area contributed by atoms with Gasteiger partial charge in [-0.3, -0.25) is 4.90 Å². The van der Waals surface area contributed by atoms with Gasteiger partial charge in [0.15, 0.2) is 0 Å². The molecule has 0 atom stereocenters. The van der Waals surface area contributed by atoms with Crippen molar-refractivity contribution in [3.63, 3.8) is 0 Å². The SMILES string of the molecule is CN1CCC(C#N)(N2CCC(O)CC2)CC1. The lowest BCUT2D eigenvalue weighted by Gasteiger charge is -2.45. The van der Waals surface area contributed by atoms with Gasteiger partial charge >= 0.3 is 0 Å². The Morgan fingerprint density at radius 2 is 1.75 bits per heavy atom. The summed E-state index contributed by atoms with van der Waals surface area (Å²) in [5, 5.41) is 19.0. The molecule has 2 rings (SSSR count). The van der Waals surface area contributed by atoms with Crippen molar-refractivity contribution in [1.29, 1.82) is 5.26 Å². The maximum atomic E-state index is 9.51. The van der Waals surface area contributed by atoms with Gasteiger partial charge < -0.3 is 10.0 Å². The number of aliphatic hydroxyl groups excluding tert-OH is 1. The monoisotopic (exact) mass is 223 g/mol. The lowest BCUT2D eigenvalue weighted by atomic mass is 9.85. The third-order valence-electron chi connectivity index (χ3n) is 4.09. The fraction of sp³-hybridized carbons (Fsp3) is 0.917. The zero-order chi connectivity index (χ0) is 11.6. The number of likely N-dealkylation sites (tertiary alicyclic amines) is 2. The van der Waals surface area contributed by atoms with E-state index in [0.717, 1.165) is 51.9 Å². The van der Waals surface area contributed by atoms with Crippen molar-refractivity contribution < 1.29 is 5.11 Å². The van der Waals surface area contributed by atoms with Crippen LogP contribution in [0.15, 0.2) is 0 Å². The first kappa shape index (κ1) is 11.8. The van der Waals surface area contributed by atoms with Crippen LogP contribution in [-0.4, -0.2) is 59.8 Å². The Morgan fingerprint density at radius 1 is 1.19 bits per heavy atom. The van der Waals surface area contributed by atoms with E-state index < -0.39 is 0 Å². The summed E-state index contributed by atoms with van der Waals surface area (Å²) in [6, 6.07) is 2.54. The van der Waals surface area contributed by atoms with Crippen molar-refractivity contribution in [1.82, 2.24) is 9.80 Å². The number of nitriles is 1. The van der Waals surface area contributed by atoms with E-state index in [1.807, 2.05) is 0 Å². The van der Waals surface area contributed by atoms with Crippen LogP contribution < -0.4 is 0 Å². The quantitative estimate of drug-likeness (QED) is 0.700. The van der Waals surface area contributed by atoms with Gasteiger partial charge in [0.25, 0.3) is 0 Å². The van der Waals surface area contributed by atoms with Gasteiger partial charge in [0, 0.05) is 26.2 Å². The first-order valence-electron chi connectivity index (χ1n) is 6.19. The zero-order valence-corrected chi connectivity index (χ0v) is 10.0. The number of piperidine rings is 2. The number of hydrogen-bond acceptors (Lipinski definition) is 4. The summed E-state index contributed by atoms with van der Waals surface area (Å²) in [7, 11) is 2.11. The molecule has 0 saturated carbocycles. The summed E-state index contributed by atoms with van der Waals surface area (Å²) in [5.41, 5.74) is -0.257. The van der Waals surface area contributed by atoms with Gasteiger partial charge in [-0.2, -0.15) is 5.26 Å². The van der Waals surface area contributed by atoms with Crippen LogP contribution in [0.4, 0.5) is 0 Å². The van der Waals surface area contributed by atoms with E-state index in [-0.39, 0.29) is 11.6 Å². The van der Waals surface area contributed by atoms with E-state index in [1.54, 1.807) is 0 Å². The van der Waals surface area contributed by atoms with Crippen molar-refractivity contribution >= 4 is 0 Å². The normalized spacial score (nSPS) is 28.8. The van der Waals surface area contributed by atoms with Gasteiger partial charge in [0.1, 0.15) is 5.54 Å². The summed E-state index contributed by atoms with van der Waals surface area (Å²) in [6.45, 7) is 3.76. The molecule has 0 aromatic carbocycles. The smallest absolute Gasteiger partial charge is 0.111 e. The second kappa shape index (κ2) is 4.70. The average molecular weight is 223 g/mol. The average Bonchev–Trinajstić information content (AvgIpc) is 2.32. The first-order chi connectivity index (χ1) is 7.66. The fourth-order valence-corrected chi connectivity index (χ4v) is 2.78. The van der Waals surface area contributed by atoms with E-state index in [0.29, 0.717) is 0 Å². The molecule has 1 N–H and O–H groups in total. The van der Waals surface area contributed by atoms with E-state index >= 15 is 0 Å². The largest absolute Gasteiger partial charge is 0.393 e. The number of nitrogens with zero attached hydrogens (tertiary/aromatic N) is 3. The Balaban J connectivity index is 2.02. The van der Waals surface area contributed by atoms with Gasteiger partial charge in [-0.05, 0) is 32.7 Å². The van der Waals surface area contributed by atoms with Crippen LogP contribution in [0.25, 0.3) is 0 Å². The van der Waals surface area contributed by atoms with Crippen LogP contribution in [0.3, 0.4) is 0 Å². The third-order valence-corrected chi connectivity index (χ3v) is 4.09. The van der Waals surface area contributed by atoms with Crippen molar-refractivity contribution in [2.24, 2.45) is 0 Å². The van der Waals surface area contributed by atoms with E-state index in [2.05, 4.69) is 22.9 Å². The Labute approximate surface area is 97.4 Å². The van der Waals surface area contributed by atoms with Gasteiger partial charge in [-0.1, -0.05) is 0 Å². The highest BCUT2D eigenvalue weighted by molar-refractivity contribution is 5.11. The molecule has 90 valence electrons.